The molecule has 156 valence electrons. The van der Waals surface area contributed by atoms with Crippen molar-refractivity contribution in [1.29, 1.82) is 0 Å². The second-order valence-electron chi connectivity index (χ2n) is 7.95. The Hall–Kier alpha value is -1.24. The summed E-state index contributed by atoms with van der Waals surface area (Å²) in [5.74, 6) is 1.26. The van der Waals surface area contributed by atoms with Gasteiger partial charge in [-0.2, -0.15) is 11.8 Å². The van der Waals surface area contributed by atoms with Crippen LogP contribution in [0.5, 0.6) is 0 Å². The molecule has 2 fully saturated rings. The van der Waals surface area contributed by atoms with Crippen LogP contribution in [-0.2, 0) is 16.1 Å². The Morgan fingerprint density at radius 3 is 2.54 bits per heavy atom. The predicted octanol–water partition coefficient (Wildman–Crippen LogP) is 2.92. The van der Waals surface area contributed by atoms with E-state index >= 15 is 0 Å². The van der Waals surface area contributed by atoms with Gasteiger partial charge in [0.2, 0.25) is 11.8 Å². The van der Waals surface area contributed by atoms with Gasteiger partial charge in [-0.1, -0.05) is 30.3 Å². The molecule has 28 heavy (non-hydrogen) atoms. The van der Waals surface area contributed by atoms with Gasteiger partial charge in [-0.3, -0.25) is 9.59 Å². The quantitative estimate of drug-likeness (QED) is 0.760. The minimum atomic E-state index is -0.381. The summed E-state index contributed by atoms with van der Waals surface area (Å²) >= 11 is 1.72. The third kappa shape index (κ3) is 5.65. The van der Waals surface area contributed by atoms with E-state index in [1.54, 1.807) is 11.8 Å². The minimum absolute atomic E-state index is 0. The highest BCUT2D eigenvalue weighted by molar-refractivity contribution is 7.98. The minimum Gasteiger partial charge on any atom is -0.341 e. The van der Waals surface area contributed by atoms with Crippen molar-refractivity contribution in [3.05, 3.63) is 35.9 Å². The van der Waals surface area contributed by atoms with E-state index in [4.69, 9.17) is 5.73 Å². The van der Waals surface area contributed by atoms with E-state index in [9.17, 15) is 9.59 Å². The molecule has 0 bridgehead atoms. The van der Waals surface area contributed by atoms with Crippen molar-refractivity contribution in [1.82, 2.24) is 9.80 Å². The van der Waals surface area contributed by atoms with Crippen molar-refractivity contribution < 1.29 is 9.59 Å². The van der Waals surface area contributed by atoms with Crippen molar-refractivity contribution in [2.75, 3.05) is 31.6 Å². The summed E-state index contributed by atoms with van der Waals surface area (Å²) in [5, 5.41) is 0. The maximum atomic E-state index is 12.6. The normalized spacial score (nSPS) is 20.0. The zero-order valence-corrected chi connectivity index (χ0v) is 18.3. The molecule has 2 saturated heterocycles. The topological polar surface area (TPSA) is 66.6 Å². The van der Waals surface area contributed by atoms with Gasteiger partial charge in [0.1, 0.15) is 0 Å². The molecule has 0 unspecified atom stereocenters. The highest BCUT2D eigenvalue weighted by Crippen LogP contribution is 2.40. The molecular weight excluding hydrogens is 394 g/mol. The third-order valence-electron chi connectivity index (χ3n) is 6.05. The molecule has 1 atom stereocenters. The van der Waals surface area contributed by atoms with Crippen molar-refractivity contribution in [2.24, 2.45) is 11.1 Å². The molecular formula is C21H32ClN3O2S. The lowest BCUT2D eigenvalue weighted by molar-refractivity contribution is -0.143. The van der Waals surface area contributed by atoms with Crippen molar-refractivity contribution in [3.63, 3.8) is 0 Å². The average molecular weight is 426 g/mol. The summed E-state index contributed by atoms with van der Waals surface area (Å²) in [6.07, 6.45) is 6.26. The second kappa shape index (κ2) is 10.5. The van der Waals surface area contributed by atoms with Gasteiger partial charge in [-0.15, -0.1) is 12.4 Å². The molecule has 2 amide bonds. The van der Waals surface area contributed by atoms with Crippen LogP contribution in [0, 0.1) is 5.41 Å². The van der Waals surface area contributed by atoms with Gasteiger partial charge in [-0.25, -0.2) is 0 Å². The third-order valence-corrected chi connectivity index (χ3v) is 6.69. The zero-order chi connectivity index (χ0) is 19.3. The lowest BCUT2D eigenvalue weighted by Gasteiger charge is -2.47. The van der Waals surface area contributed by atoms with Crippen molar-refractivity contribution in [3.8, 4) is 0 Å². The fraction of sp³-hybridized carbons (Fsp3) is 0.619. The van der Waals surface area contributed by atoms with E-state index in [0.717, 1.165) is 51.1 Å². The Labute approximate surface area is 178 Å². The molecule has 2 heterocycles. The maximum absolute atomic E-state index is 12.6. The average Bonchev–Trinajstić information content (AvgIpc) is 2.70. The van der Waals surface area contributed by atoms with Gasteiger partial charge in [0.05, 0.1) is 6.04 Å². The van der Waals surface area contributed by atoms with Gasteiger partial charge in [0.15, 0.2) is 0 Å². The number of hydrogen-bond acceptors (Lipinski definition) is 4. The lowest BCUT2D eigenvalue weighted by Crippen LogP contribution is -2.54. The maximum Gasteiger partial charge on any atom is 0.239 e. The van der Waals surface area contributed by atoms with Gasteiger partial charge in [-0.05, 0) is 48.7 Å². The number of nitrogens with two attached hydrogens (primary N) is 1. The van der Waals surface area contributed by atoms with Crippen LogP contribution in [0.2, 0.25) is 0 Å². The van der Waals surface area contributed by atoms with Gasteiger partial charge >= 0.3 is 0 Å². The lowest BCUT2D eigenvalue weighted by atomic mass is 9.72. The van der Waals surface area contributed by atoms with E-state index in [0.29, 0.717) is 13.0 Å². The number of likely N-dealkylation sites (tertiary alicyclic amines) is 2. The largest absolute Gasteiger partial charge is 0.341 e. The first-order valence-corrected chi connectivity index (χ1v) is 11.3. The molecule has 0 saturated carbocycles. The van der Waals surface area contributed by atoms with E-state index < -0.39 is 0 Å². The highest BCUT2D eigenvalue weighted by atomic mass is 35.5. The van der Waals surface area contributed by atoms with E-state index in [2.05, 4.69) is 12.1 Å². The van der Waals surface area contributed by atoms with Crippen LogP contribution in [0.15, 0.2) is 30.3 Å². The number of carbonyl (C=O) groups excluding carboxylic acids is 2. The SMILES string of the molecule is CSCC[C@H](N)C(=O)N1CCC2(CCC(=O)N(Cc3ccccc3)C2)CC1.Cl. The standard InChI is InChI=1S/C21H31N3O2S.ClH/c1-27-14-8-18(22)20(26)23-12-10-21(11-13-23)9-7-19(25)24(16-21)15-17-5-3-2-4-6-17;/h2-6,18H,7-16,22H2,1H3;1H/t18-;/m0./s1. The van der Waals surface area contributed by atoms with E-state index in [1.165, 1.54) is 5.56 Å². The van der Waals surface area contributed by atoms with Crippen molar-refractivity contribution in [2.45, 2.75) is 44.7 Å². The van der Waals surface area contributed by atoms with Crippen LogP contribution in [-0.4, -0.2) is 59.3 Å². The molecule has 1 aromatic carbocycles. The number of piperidine rings is 2. The van der Waals surface area contributed by atoms with Crippen LogP contribution < -0.4 is 5.73 Å². The van der Waals surface area contributed by atoms with Gasteiger partial charge < -0.3 is 15.5 Å². The number of thioether (sulfide) groups is 1. The second-order valence-corrected chi connectivity index (χ2v) is 8.93. The number of carbonyl (C=O) groups is 2. The van der Waals surface area contributed by atoms with Crippen LogP contribution in [0.25, 0.3) is 0 Å². The van der Waals surface area contributed by atoms with E-state index in [-0.39, 0.29) is 35.7 Å². The molecule has 0 aromatic heterocycles. The molecule has 2 N–H and O–H groups in total. The van der Waals surface area contributed by atoms with Crippen LogP contribution >= 0.6 is 24.2 Å². The summed E-state index contributed by atoms with van der Waals surface area (Å²) in [5.41, 5.74) is 7.40. The van der Waals surface area contributed by atoms with Crippen molar-refractivity contribution >= 4 is 36.0 Å². The van der Waals surface area contributed by atoms with Crippen LogP contribution in [0.3, 0.4) is 0 Å². The summed E-state index contributed by atoms with van der Waals surface area (Å²) < 4.78 is 0. The predicted molar refractivity (Wildman–Crippen MR) is 118 cm³/mol. The summed E-state index contributed by atoms with van der Waals surface area (Å²) in [7, 11) is 0. The number of rotatable bonds is 6. The number of hydrogen-bond donors (Lipinski definition) is 1. The Morgan fingerprint density at radius 2 is 1.89 bits per heavy atom. The Morgan fingerprint density at radius 1 is 1.21 bits per heavy atom. The number of nitrogens with zero attached hydrogens (tertiary/aromatic N) is 2. The number of halogens is 1. The fourth-order valence-corrected chi connectivity index (χ4v) is 4.75. The molecule has 7 heteroatoms. The first kappa shape index (κ1) is 23.0. The first-order valence-electron chi connectivity index (χ1n) is 9.88. The summed E-state index contributed by atoms with van der Waals surface area (Å²) in [6.45, 7) is 3.02. The Balaban J connectivity index is 0.00000280. The summed E-state index contributed by atoms with van der Waals surface area (Å²) in [4.78, 5) is 28.9. The zero-order valence-electron chi connectivity index (χ0n) is 16.6. The Bertz CT molecular complexity index is 650. The molecule has 1 aromatic rings. The van der Waals surface area contributed by atoms with Gasteiger partial charge in [0, 0.05) is 32.6 Å². The molecule has 0 aliphatic carbocycles. The van der Waals surface area contributed by atoms with Crippen LogP contribution in [0.1, 0.15) is 37.7 Å². The Kier molecular flexibility index (Phi) is 8.65. The molecule has 1 spiro atoms. The summed E-state index contributed by atoms with van der Waals surface area (Å²) in [6, 6.07) is 9.81. The first-order chi connectivity index (χ1) is 13.0. The van der Waals surface area contributed by atoms with Crippen LogP contribution in [0.4, 0.5) is 0 Å². The number of amides is 2. The smallest absolute Gasteiger partial charge is 0.239 e. The fourth-order valence-electron chi connectivity index (χ4n) is 4.26. The molecule has 3 rings (SSSR count). The highest BCUT2D eigenvalue weighted by Gasteiger charge is 2.42. The molecule has 2 aliphatic heterocycles. The van der Waals surface area contributed by atoms with E-state index in [1.807, 2.05) is 34.3 Å². The monoisotopic (exact) mass is 425 g/mol. The molecule has 5 nitrogen and oxygen atoms in total. The number of benzene rings is 1. The molecule has 0 radical (unpaired) electrons. The molecule has 2 aliphatic rings. The van der Waals surface area contributed by atoms with Gasteiger partial charge in [0.25, 0.3) is 0 Å².